The number of hydrogen-bond donors (Lipinski definition) is 1. The van der Waals surface area contributed by atoms with Gasteiger partial charge in [0.1, 0.15) is 5.65 Å². The number of methoxy groups -OCH3 is 1. The largest absolute Gasteiger partial charge is 0.466 e. The molecule has 0 radical (unpaired) electrons. The van der Waals surface area contributed by atoms with Gasteiger partial charge in [0, 0.05) is 29.9 Å². The van der Waals surface area contributed by atoms with E-state index in [9.17, 15) is 4.79 Å². The number of nitrogens with zero attached hydrogens (tertiary/aromatic N) is 2. The van der Waals surface area contributed by atoms with Gasteiger partial charge in [0.2, 0.25) is 0 Å². The van der Waals surface area contributed by atoms with Crippen molar-refractivity contribution in [2.75, 3.05) is 20.2 Å². The van der Waals surface area contributed by atoms with Gasteiger partial charge in [-0.05, 0) is 62.4 Å². The molecule has 136 valence electrons. The summed E-state index contributed by atoms with van der Waals surface area (Å²) in [5, 5.41) is 4.72. The maximum atomic E-state index is 11.6. The minimum absolute atomic E-state index is 0.222. The smallest absolute Gasteiger partial charge is 0.333 e. The third-order valence-corrected chi connectivity index (χ3v) is 5.53. The standard InChI is InChI=1S/C21H25N3O2/c1-26-21(25)17-4-2-15(3-5-17)14-24-13-9-19-18(8-12-23-20(19)24)16-6-10-22-11-7-16/h2,4,8-9,12-13,16,22H,3,5-7,10-11,14H2,1H3. The number of allylic oxidation sites excluding steroid dienone is 3. The predicted molar refractivity (Wildman–Crippen MR) is 102 cm³/mol. The zero-order chi connectivity index (χ0) is 17.9. The van der Waals surface area contributed by atoms with Crippen LogP contribution in [0.5, 0.6) is 0 Å². The molecule has 4 rings (SSSR count). The molecule has 3 heterocycles. The van der Waals surface area contributed by atoms with E-state index in [1.54, 1.807) is 0 Å². The fourth-order valence-electron chi connectivity index (χ4n) is 4.06. The topological polar surface area (TPSA) is 56.1 Å². The van der Waals surface area contributed by atoms with Crippen LogP contribution in [0.1, 0.15) is 37.2 Å². The molecule has 0 atom stereocenters. The molecule has 1 aliphatic carbocycles. The monoisotopic (exact) mass is 351 g/mol. The van der Waals surface area contributed by atoms with Crippen molar-refractivity contribution in [2.24, 2.45) is 0 Å². The Balaban J connectivity index is 1.58. The van der Waals surface area contributed by atoms with Gasteiger partial charge in [0.25, 0.3) is 0 Å². The summed E-state index contributed by atoms with van der Waals surface area (Å²) >= 11 is 0. The van der Waals surface area contributed by atoms with Gasteiger partial charge in [0.15, 0.2) is 0 Å². The number of fused-ring (bicyclic) bond motifs is 1. The summed E-state index contributed by atoms with van der Waals surface area (Å²) < 4.78 is 7.03. The summed E-state index contributed by atoms with van der Waals surface area (Å²) in [6.07, 6.45) is 12.0. The van der Waals surface area contributed by atoms with Crippen LogP contribution in [0.3, 0.4) is 0 Å². The summed E-state index contributed by atoms with van der Waals surface area (Å²) in [6.45, 7) is 3.00. The van der Waals surface area contributed by atoms with Gasteiger partial charge in [-0.25, -0.2) is 9.78 Å². The van der Waals surface area contributed by atoms with Gasteiger partial charge < -0.3 is 14.6 Å². The van der Waals surface area contributed by atoms with Crippen molar-refractivity contribution >= 4 is 17.0 Å². The molecule has 0 saturated carbocycles. The molecule has 1 N–H and O–H groups in total. The molecule has 26 heavy (non-hydrogen) atoms. The molecular formula is C21H25N3O2. The van der Waals surface area contributed by atoms with Gasteiger partial charge >= 0.3 is 5.97 Å². The van der Waals surface area contributed by atoms with E-state index in [1.165, 1.54) is 36.5 Å². The van der Waals surface area contributed by atoms with Gasteiger partial charge in [-0.2, -0.15) is 0 Å². The highest BCUT2D eigenvalue weighted by molar-refractivity contribution is 5.89. The van der Waals surface area contributed by atoms with E-state index in [1.807, 2.05) is 12.3 Å². The van der Waals surface area contributed by atoms with Crippen LogP contribution in [0.4, 0.5) is 0 Å². The van der Waals surface area contributed by atoms with Crippen molar-refractivity contribution in [1.82, 2.24) is 14.9 Å². The van der Waals surface area contributed by atoms with E-state index in [4.69, 9.17) is 4.74 Å². The Morgan fingerprint density at radius 2 is 2.12 bits per heavy atom. The van der Waals surface area contributed by atoms with E-state index in [2.05, 4.69) is 39.3 Å². The quantitative estimate of drug-likeness (QED) is 0.859. The van der Waals surface area contributed by atoms with E-state index < -0.39 is 0 Å². The van der Waals surface area contributed by atoms with Crippen LogP contribution in [0, 0.1) is 0 Å². The van der Waals surface area contributed by atoms with Crippen molar-refractivity contribution in [3.63, 3.8) is 0 Å². The van der Waals surface area contributed by atoms with Crippen molar-refractivity contribution in [3.8, 4) is 0 Å². The number of hydrogen-bond acceptors (Lipinski definition) is 4. The number of piperidine rings is 1. The number of rotatable bonds is 4. The third-order valence-electron chi connectivity index (χ3n) is 5.53. The lowest BCUT2D eigenvalue weighted by Gasteiger charge is -2.23. The molecule has 1 aliphatic heterocycles. The summed E-state index contributed by atoms with van der Waals surface area (Å²) in [4.78, 5) is 16.3. The van der Waals surface area contributed by atoms with Crippen molar-refractivity contribution in [1.29, 1.82) is 0 Å². The average molecular weight is 351 g/mol. The number of pyridine rings is 1. The Bertz CT molecular complexity index is 873. The van der Waals surface area contributed by atoms with Crippen molar-refractivity contribution in [2.45, 2.75) is 38.1 Å². The van der Waals surface area contributed by atoms with E-state index in [0.29, 0.717) is 5.92 Å². The Morgan fingerprint density at radius 1 is 1.27 bits per heavy atom. The average Bonchev–Trinajstić information content (AvgIpc) is 3.11. The van der Waals surface area contributed by atoms with Gasteiger partial charge in [0.05, 0.1) is 7.11 Å². The summed E-state index contributed by atoms with van der Waals surface area (Å²) in [7, 11) is 1.43. The minimum Gasteiger partial charge on any atom is -0.466 e. The minimum atomic E-state index is -0.222. The van der Waals surface area contributed by atoms with Crippen LogP contribution in [0.2, 0.25) is 0 Å². The molecule has 1 fully saturated rings. The molecule has 2 aliphatic rings. The molecule has 0 amide bonds. The van der Waals surface area contributed by atoms with Crippen LogP contribution < -0.4 is 5.32 Å². The van der Waals surface area contributed by atoms with Gasteiger partial charge in [-0.15, -0.1) is 0 Å². The van der Waals surface area contributed by atoms with E-state index in [-0.39, 0.29) is 5.97 Å². The fraction of sp³-hybridized carbons (Fsp3) is 0.429. The van der Waals surface area contributed by atoms with Gasteiger partial charge in [-0.3, -0.25) is 0 Å². The summed E-state index contributed by atoms with van der Waals surface area (Å²) in [5.41, 5.74) is 4.55. The Hall–Kier alpha value is -2.40. The molecule has 5 heteroatoms. The lowest BCUT2D eigenvalue weighted by molar-refractivity contribution is -0.136. The Morgan fingerprint density at radius 3 is 2.85 bits per heavy atom. The number of carbonyl (C=O) groups is 1. The zero-order valence-electron chi connectivity index (χ0n) is 15.2. The van der Waals surface area contributed by atoms with Crippen LogP contribution >= 0.6 is 0 Å². The molecule has 0 spiro atoms. The van der Waals surface area contributed by atoms with Crippen LogP contribution in [-0.2, 0) is 16.1 Å². The second kappa shape index (κ2) is 7.46. The zero-order valence-corrected chi connectivity index (χ0v) is 15.2. The van der Waals surface area contributed by atoms with Crippen LogP contribution in [0.15, 0.2) is 47.8 Å². The fourth-order valence-corrected chi connectivity index (χ4v) is 4.06. The molecule has 2 aromatic rings. The van der Waals surface area contributed by atoms with Crippen LogP contribution in [0.25, 0.3) is 11.0 Å². The first-order valence-corrected chi connectivity index (χ1v) is 9.37. The number of ether oxygens (including phenoxy) is 1. The normalized spacial score (nSPS) is 18.5. The number of nitrogens with one attached hydrogen (secondary N) is 1. The second-order valence-corrected chi connectivity index (χ2v) is 7.11. The Kier molecular flexibility index (Phi) is 4.89. The SMILES string of the molecule is COC(=O)C1=CC=C(Cn2ccc3c(C4CCNCC4)ccnc32)CC1. The van der Waals surface area contributed by atoms with E-state index >= 15 is 0 Å². The number of carbonyl (C=O) groups excluding carboxylic acids is 1. The lowest BCUT2D eigenvalue weighted by atomic mass is 9.89. The molecule has 2 aromatic heterocycles. The molecule has 5 nitrogen and oxygen atoms in total. The highest BCUT2D eigenvalue weighted by Crippen LogP contribution is 2.31. The summed E-state index contributed by atoms with van der Waals surface area (Å²) in [5.74, 6) is 0.400. The second-order valence-electron chi connectivity index (χ2n) is 7.11. The van der Waals surface area contributed by atoms with Gasteiger partial charge in [-0.1, -0.05) is 17.7 Å². The first kappa shape index (κ1) is 17.0. The lowest BCUT2D eigenvalue weighted by Crippen LogP contribution is -2.26. The maximum Gasteiger partial charge on any atom is 0.333 e. The van der Waals surface area contributed by atoms with E-state index in [0.717, 1.165) is 43.7 Å². The highest BCUT2D eigenvalue weighted by atomic mass is 16.5. The highest BCUT2D eigenvalue weighted by Gasteiger charge is 2.19. The molecule has 1 saturated heterocycles. The summed E-state index contributed by atoms with van der Waals surface area (Å²) in [6, 6.07) is 4.40. The third kappa shape index (κ3) is 3.31. The number of esters is 1. The van der Waals surface area contributed by atoms with Crippen LogP contribution in [-0.4, -0.2) is 35.7 Å². The molecule has 0 bridgehead atoms. The molecular weight excluding hydrogens is 326 g/mol. The van der Waals surface area contributed by atoms with Crippen molar-refractivity contribution in [3.05, 3.63) is 53.4 Å². The maximum absolute atomic E-state index is 11.6. The molecule has 0 unspecified atom stereocenters. The number of aromatic nitrogens is 2. The molecule has 0 aromatic carbocycles. The Labute approximate surface area is 153 Å². The van der Waals surface area contributed by atoms with Crippen molar-refractivity contribution < 1.29 is 9.53 Å². The predicted octanol–water partition coefficient (Wildman–Crippen LogP) is 3.32. The first-order valence-electron chi connectivity index (χ1n) is 9.37. The first-order chi connectivity index (χ1) is 12.8.